The van der Waals surface area contributed by atoms with Gasteiger partial charge in [-0.1, -0.05) is 41.9 Å². The molecular formula is C25H23ClO9S3. The standard InChI is InChI=1S/C25H23ClO9S3/c1-37(29,30)34-20-7-3-5-17(13-20)22(18-6-4-8-21(14-18)35-38(2,31)32)11-12-36-24-10-9-19(15-23(24)26)33-16-25(27)28/h3-11,13-15H,12,16H2,1-2H3,(H,27,28). The second-order valence-corrected chi connectivity index (χ2v) is 12.5. The predicted molar refractivity (Wildman–Crippen MR) is 146 cm³/mol. The van der Waals surface area contributed by atoms with E-state index < -0.39 is 32.8 Å². The van der Waals surface area contributed by atoms with Crippen LogP contribution in [0, 0.1) is 0 Å². The normalized spacial score (nSPS) is 11.4. The van der Waals surface area contributed by atoms with Crippen LogP contribution >= 0.6 is 23.4 Å². The average molecular weight is 599 g/mol. The molecule has 0 aliphatic rings. The minimum atomic E-state index is -3.75. The molecule has 0 radical (unpaired) electrons. The third-order valence-corrected chi connectivity index (χ3v) is 6.99. The van der Waals surface area contributed by atoms with E-state index in [1.165, 1.54) is 30.0 Å². The third-order valence-electron chi connectivity index (χ3n) is 4.58. The molecule has 0 saturated heterocycles. The summed E-state index contributed by atoms with van der Waals surface area (Å²) >= 11 is 7.73. The van der Waals surface area contributed by atoms with Crippen LogP contribution in [0.25, 0.3) is 5.57 Å². The van der Waals surface area contributed by atoms with E-state index in [0.29, 0.717) is 38.1 Å². The van der Waals surface area contributed by atoms with Crippen LogP contribution in [-0.2, 0) is 25.0 Å². The molecule has 0 saturated carbocycles. The fourth-order valence-corrected chi connectivity index (χ4v) is 5.26. The lowest BCUT2D eigenvalue weighted by atomic mass is 9.97. The maximum absolute atomic E-state index is 11.6. The quantitative estimate of drug-likeness (QED) is 0.231. The number of carboxylic acid groups (broad SMARTS) is 1. The summed E-state index contributed by atoms with van der Waals surface area (Å²) in [5, 5.41) is 9.13. The van der Waals surface area contributed by atoms with E-state index in [-0.39, 0.29) is 11.5 Å². The highest BCUT2D eigenvalue weighted by Crippen LogP contribution is 2.33. The Morgan fingerprint density at radius 3 is 1.89 bits per heavy atom. The molecule has 0 aliphatic carbocycles. The Morgan fingerprint density at radius 2 is 1.42 bits per heavy atom. The van der Waals surface area contributed by atoms with Gasteiger partial charge in [0.25, 0.3) is 0 Å². The lowest BCUT2D eigenvalue weighted by Crippen LogP contribution is -2.09. The molecule has 0 aliphatic heterocycles. The third kappa shape index (κ3) is 9.60. The molecule has 13 heteroatoms. The zero-order valence-corrected chi connectivity index (χ0v) is 23.4. The van der Waals surface area contributed by atoms with Gasteiger partial charge in [-0.15, -0.1) is 11.8 Å². The Bertz CT molecular complexity index is 1490. The number of carboxylic acids is 1. The molecule has 9 nitrogen and oxygen atoms in total. The summed E-state index contributed by atoms with van der Waals surface area (Å²) in [6, 6.07) is 17.8. The molecule has 0 fully saturated rings. The Hall–Kier alpha value is -3.19. The highest BCUT2D eigenvalue weighted by molar-refractivity contribution is 7.99. The van der Waals surface area contributed by atoms with Gasteiger partial charge in [-0.3, -0.25) is 0 Å². The Balaban J connectivity index is 1.93. The van der Waals surface area contributed by atoms with E-state index in [1.54, 1.807) is 48.5 Å². The van der Waals surface area contributed by atoms with Gasteiger partial charge in [-0.2, -0.15) is 16.8 Å². The maximum Gasteiger partial charge on any atom is 0.341 e. The zero-order valence-electron chi connectivity index (χ0n) is 20.2. The van der Waals surface area contributed by atoms with E-state index in [1.807, 2.05) is 6.08 Å². The lowest BCUT2D eigenvalue weighted by molar-refractivity contribution is -0.139. The number of thioether (sulfide) groups is 1. The van der Waals surface area contributed by atoms with Gasteiger partial charge >= 0.3 is 26.2 Å². The van der Waals surface area contributed by atoms with Crippen molar-refractivity contribution in [2.24, 2.45) is 0 Å². The van der Waals surface area contributed by atoms with Gasteiger partial charge in [0.15, 0.2) is 6.61 Å². The first kappa shape index (κ1) is 29.4. The van der Waals surface area contributed by atoms with E-state index >= 15 is 0 Å². The van der Waals surface area contributed by atoms with Gasteiger partial charge in [0.05, 0.1) is 17.5 Å². The first-order chi connectivity index (χ1) is 17.8. The Kier molecular flexibility index (Phi) is 9.71. The maximum atomic E-state index is 11.6. The predicted octanol–water partition coefficient (Wildman–Crippen LogP) is 4.70. The molecule has 202 valence electrons. The van der Waals surface area contributed by atoms with Crippen LogP contribution in [0.15, 0.2) is 77.7 Å². The number of rotatable bonds is 12. The molecule has 0 heterocycles. The molecule has 0 aromatic heterocycles. The van der Waals surface area contributed by atoms with E-state index in [4.69, 9.17) is 29.8 Å². The lowest BCUT2D eigenvalue weighted by Gasteiger charge is -2.13. The monoisotopic (exact) mass is 598 g/mol. The summed E-state index contributed by atoms with van der Waals surface area (Å²) in [5.74, 6) is -0.129. The summed E-state index contributed by atoms with van der Waals surface area (Å²) in [5.41, 5.74) is 1.89. The van der Waals surface area contributed by atoms with Crippen LogP contribution in [-0.4, -0.2) is 52.8 Å². The first-order valence-corrected chi connectivity index (χ1v) is 15.8. The molecule has 3 aromatic rings. The molecule has 3 aromatic carbocycles. The minimum Gasteiger partial charge on any atom is -0.482 e. The highest BCUT2D eigenvalue weighted by Gasteiger charge is 2.13. The molecular weight excluding hydrogens is 576 g/mol. The second-order valence-electron chi connectivity index (χ2n) is 7.83. The van der Waals surface area contributed by atoms with Gasteiger partial charge in [0.1, 0.15) is 17.2 Å². The smallest absolute Gasteiger partial charge is 0.341 e. The van der Waals surface area contributed by atoms with Crippen LogP contribution in [0.4, 0.5) is 0 Å². The summed E-state index contributed by atoms with van der Waals surface area (Å²) < 4.78 is 61.7. The van der Waals surface area contributed by atoms with E-state index in [0.717, 1.165) is 12.5 Å². The fourth-order valence-electron chi connectivity index (χ4n) is 3.23. The molecule has 0 unspecified atom stereocenters. The van der Waals surface area contributed by atoms with Crippen LogP contribution < -0.4 is 13.1 Å². The number of hydrogen-bond acceptors (Lipinski definition) is 9. The highest BCUT2D eigenvalue weighted by atomic mass is 35.5. The summed E-state index contributed by atoms with van der Waals surface area (Å²) in [7, 11) is -7.50. The van der Waals surface area contributed by atoms with E-state index in [9.17, 15) is 21.6 Å². The second kappa shape index (κ2) is 12.6. The minimum absolute atomic E-state index is 0.118. The SMILES string of the molecule is CS(=O)(=O)Oc1cccc(C(=CCSc2ccc(OCC(=O)O)cc2Cl)c2cccc(OS(C)(=O)=O)c2)c1. The van der Waals surface area contributed by atoms with Crippen LogP contribution in [0.2, 0.25) is 5.02 Å². The van der Waals surface area contributed by atoms with Crippen molar-refractivity contribution < 1.29 is 39.8 Å². The topological polar surface area (TPSA) is 133 Å². The Labute approximate surface area is 230 Å². The van der Waals surface area contributed by atoms with Crippen molar-refractivity contribution in [1.29, 1.82) is 0 Å². The Morgan fingerprint density at radius 1 is 0.868 bits per heavy atom. The molecule has 0 amide bonds. The van der Waals surface area contributed by atoms with Crippen molar-refractivity contribution in [3.63, 3.8) is 0 Å². The van der Waals surface area contributed by atoms with E-state index in [2.05, 4.69) is 0 Å². The fraction of sp³-hybridized carbons (Fsp3) is 0.160. The summed E-state index contributed by atoms with van der Waals surface area (Å²) in [6.45, 7) is -0.487. The average Bonchev–Trinajstić information content (AvgIpc) is 2.79. The van der Waals surface area contributed by atoms with Gasteiger partial charge in [0, 0.05) is 10.6 Å². The summed E-state index contributed by atoms with van der Waals surface area (Å²) in [4.78, 5) is 11.4. The van der Waals surface area contributed by atoms with Crippen molar-refractivity contribution in [2.45, 2.75) is 4.90 Å². The van der Waals surface area contributed by atoms with Crippen molar-refractivity contribution in [3.05, 3.63) is 89.0 Å². The molecule has 3 rings (SSSR count). The number of hydrogen-bond donors (Lipinski definition) is 1. The molecule has 1 N–H and O–H groups in total. The van der Waals surface area contributed by atoms with Gasteiger partial charge in [-0.05, 0) is 59.2 Å². The zero-order chi connectivity index (χ0) is 27.9. The number of ether oxygens (including phenoxy) is 1. The first-order valence-electron chi connectivity index (χ1n) is 10.8. The number of carbonyl (C=O) groups is 1. The van der Waals surface area contributed by atoms with Crippen molar-refractivity contribution >= 4 is 55.1 Å². The van der Waals surface area contributed by atoms with Crippen LogP contribution in [0.3, 0.4) is 0 Å². The van der Waals surface area contributed by atoms with Crippen LogP contribution in [0.1, 0.15) is 11.1 Å². The van der Waals surface area contributed by atoms with Crippen molar-refractivity contribution in [1.82, 2.24) is 0 Å². The molecule has 38 heavy (non-hydrogen) atoms. The molecule has 0 atom stereocenters. The van der Waals surface area contributed by atoms with Crippen molar-refractivity contribution in [2.75, 3.05) is 24.9 Å². The van der Waals surface area contributed by atoms with Gasteiger partial charge < -0.3 is 18.2 Å². The van der Waals surface area contributed by atoms with Crippen molar-refractivity contribution in [3.8, 4) is 17.2 Å². The largest absolute Gasteiger partial charge is 0.482 e. The molecule has 0 bridgehead atoms. The van der Waals surface area contributed by atoms with Gasteiger partial charge in [-0.25, -0.2) is 4.79 Å². The number of benzene rings is 3. The van der Waals surface area contributed by atoms with Crippen LogP contribution in [0.5, 0.6) is 17.2 Å². The molecule has 0 spiro atoms. The number of aliphatic carboxylic acids is 1. The number of halogens is 1. The summed E-state index contributed by atoms with van der Waals surface area (Å²) in [6.07, 6.45) is 3.76. The van der Waals surface area contributed by atoms with Gasteiger partial charge in [0.2, 0.25) is 0 Å².